The van der Waals surface area contributed by atoms with Gasteiger partial charge in [-0.05, 0) is 32.1 Å². The highest BCUT2D eigenvalue weighted by Gasteiger charge is 2.31. The second-order valence-electron chi connectivity index (χ2n) is 5.49. The summed E-state index contributed by atoms with van der Waals surface area (Å²) < 4.78 is 0. The number of nitrogens with zero attached hydrogens (tertiary/aromatic N) is 2. The van der Waals surface area contributed by atoms with Crippen LogP contribution in [0, 0.1) is 11.3 Å². The number of hydrogen-bond donors (Lipinski definition) is 1. The molecule has 1 saturated heterocycles. The quantitative estimate of drug-likeness (QED) is 0.618. The molecule has 1 amide bonds. The van der Waals surface area contributed by atoms with Gasteiger partial charge in [0.05, 0.1) is 0 Å². The van der Waals surface area contributed by atoms with E-state index in [0.717, 1.165) is 45.2 Å². The van der Waals surface area contributed by atoms with Crippen molar-refractivity contribution in [1.82, 2.24) is 9.80 Å². The predicted molar refractivity (Wildman–Crippen MR) is 72.5 cm³/mol. The maximum absolute atomic E-state index is 12.5. The number of guanidine groups is 1. The highest BCUT2D eigenvalue weighted by atomic mass is 16.2. The molecule has 0 aromatic heterocycles. The topological polar surface area (TPSA) is 47.4 Å². The van der Waals surface area contributed by atoms with Gasteiger partial charge in [-0.3, -0.25) is 15.1 Å². The largest absolute Gasteiger partial charge is 0.343 e. The van der Waals surface area contributed by atoms with Crippen molar-refractivity contribution < 1.29 is 4.79 Å². The van der Waals surface area contributed by atoms with Crippen LogP contribution in [-0.4, -0.2) is 41.3 Å². The van der Waals surface area contributed by atoms with E-state index in [2.05, 4.69) is 11.8 Å². The van der Waals surface area contributed by atoms with Gasteiger partial charge in [0.2, 0.25) is 11.9 Å². The first-order valence-corrected chi connectivity index (χ1v) is 7.39. The Morgan fingerprint density at radius 2 is 1.83 bits per heavy atom. The second kappa shape index (κ2) is 6.21. The third-order valence-electron chi connectivity index (χ3n) is 4.08. The molecule has 1 aliphatic heterocycles. The molecule has 18 heavy (non-hydrogen) atoms. The first-order chi connectivity index (χ1) is 8.74. The lowest BCUT2D eigenvalue weighted by atomic mass is 10.1. The normalized spacial score (nSPS) is 20.4. The van der Waals surface area contributed by atoms with Crippen LogP contribution in [-0.2, 0) is 4.79 Å². The Bertz CT molecular complexity index is 276. The zero-order valence-corrected chi connectivity index (χ0v) is 11.5. The third kappa shape index (κ3) is 2.85. The van der Waals surface area contributed by atoms with Gasteiger partial charge in [-0.2, -0.15) is 0 Å². The summed E-state index contributed by atoms with van der Waals surface area (Å²) in [5, 5.41) is 8.27. The van der Waals surface area contributed by atoms with Crippen molar-refractivity contribution >= 4 is 11.9 Å². The van der Waals surface area contributed by atoms with Crippen LogP contribution < -0.4 is 0 Å². The second-order valence-corrected chi connectivity index (χ2v) is 5.49. The van der Waals surface area contributed by atoms with Crippen molar-refractivity contribution in [2.24, 2.45) is 5.92 Å². The average molecular weight is 251 g/mol. The summed E-state index contributed by atoms with van der Waals surface area (Å²) in [6.45, 7) is 4.66. The van der Waals surface area contributed by atoms with Crippen molar-refractivity contribution in [1.29, 1.82) is 5.41 Å². The lowest BCUT2D eigenvalue weighted by Gasteiger charge is -2.30. The molecule has 2 rings (SSSR count). The summed E-state index contributed by atoms with van der Waals surface area (Å²) in [4.78, 5) is 16.3. The monoisotopic (exact) mass is 251 g/mol. The number of likely N-dealkylation sites (tertiary alicyclic amines) is 1. The summed E-state index contributed by atoms with van der Waals surface area (Å²) in [6.07, 6.45) is 7.62. The van der Waals surface area contributed by atoms with E-state index >= 15 is 0 Å². The van der Waals surface area contributed by atoms with Gasteiger partial charge in [0, 0.05) is 25.6 Å². The van der Waals surface area contributed by atoms with Crippen molar-refractivity contribution in [3.8, 4) is 0 Å². The Kier molecular flexibility index (Phi) is 4.61. The van der Waals surface area contributed by atoms with Crippen molar-refractivity contribution in [2.45, 2.75) is 51.9 Å². The van der Waals surface area contributed by atoms with Gasteiger partial charge in [0.1, 0.15) is 0 Å². The summed E-state index contributed by atoms with van der Waals surface area (Å²) in [6, 6.07) is 0. The number of amides is 1. The molecule has 0 aromatic rings. The highest BCUT2D eigenvalue weighted by Crippen LogP contribution is 2.27. The van der Waals surface area contributed by atoms with Crippen LogP contribution in [0.4, 0.5) is 0 Å². The van der Waals surface area contributed by atoms with Crippen molar-refractivity contribution in [2.75, 3.05) is 19.6 Å². The predicted octanol–water partition coefficient (Wildman–Crippen LogP) is 2.45. The number of hydrogen-bond acceptors (Lipinski definition) is 2. The summed E-state index contributed by atoms with van der Waals surface area (Å²) >= 11 is 0. The molecule has 4 nitrogen and oxygen atoms in total. The molecule has 4 heteroatoms. The smallest absolute Gasteiger partial charge is 0.232 e. The maximum Gasteiger partial charge on any atom is 0.232 e. The first kappa shape index (κ1) is 13.4. The fourth-order valence-electron chi connectivity index (χ4n) is 3.04. The van der Waals surface area contributed by atoms with Gasteiger partial charge in [-0.1, -0.05) is 19.8 Å². The minimum absolute atomic E-state index is 0.180. The van der Waals surface area contributed by atoms with Gasteiger partial charge in [0.15, 0.2) is 0 Å². The molecule has 1 N–H and O–H groups in total. The van der Waals surface area contributed by atoms with E-state index in [1.54, 1.807) is 4.90 Å². The maximum atomic E-state index is 12.5. The van der Waals surface area contributed by atoms with Gasteiger partial charge in [0.25, 0.3) is 0 Å². The first-order valence-electron chi connectivity index (χ1n) is 7.39. The van der Waals surface area contributed by atoms with E-state index in [1.807, 2.05) is 0 Å². The van der Waals surface area contributed by atoms with Crippen LogP contribution in [0.3, 0.4) is 0 Å². The minimum Gasteiger partial charge on any atom is -0.343 e. The van der Waals surface area contributed by atoms with E-state index in [1.165, 1.54) is 12.8 Å². The number of carbonyl (C=O) groups is 1. The zero-order chi connectivity index (χ0) is 13.0. The SMILES string of the molecule is CCCN(C(=N)N1CCCC1)C(=O)C1CCCC1. The number of nitrogens with one attached hydrogen (secondary N) is 1. The molecule has 0 spiro atoms. The van der Waals surface area contributed by atoms with Gasteiger partial charge in [-0.25, -0.2) is 0 Å². The molecule has 1 aliphatic carbocycles. The molecular formula is C14H25N3O. The highest BCUT2D eigenvalue weighted by molar-refractivity contribution is 5.96. The third-order valence-corrected chi connectivity index (χ3v) is 4.08. The minimum atomic E-state index is 0.180. The molecule has 0 radical (unpaired) electrons. The summed E-state index contributed by atoms with van der Waals surface area (Å²) in [5.41, 5.74) is 0. The fourth-order valence-corrected chi connectivity index (χ4v) is 3.04. The number of rotatable bonds is 3. The molecular weight excluding hydrogens is 226 g/mol. The van der Waals surface area contributed by atoms with E-state index in [9.17, 15) is 4.79 Å². The van der Waals surface area contributed by atoms with Gasteiger partial charge in [-0.15, -0.1) is 0 Å². The molecule has 0 atom stereocenters. The van der Waals surface area contributed by atoms with Crippen molar-refractivity contribution in [3.05, 3.63) is 0 Å². The molecule has 0 unspecified atom stereocenters. The average Bonchev–Trinajstić information content (AvgIpc) is 3.04. The van der Waals surface area contributed by atoms with Gasteiger partial charge >= 0.3 is 0 Å². The molecule has 1 saturated carbocycles. The summed E-state index contributed by atoms with van der Waals surface area (Å²) in [7, 11) is 0. The van der Waals surface area contributed by atoms with Crippen LogP contribution in [0.1, 0.15) is 51.9 Å². The van der Waals surface area contributed by atoms with Crippen LogP contribution in [0.2, 0.25) is 0 Å². The lowest BCUT2D eigenvalue weighted by Crippen LogP contribution is -2.48. The van der Waals surface area contributed by atoms with Crippen molar-refractivity contribution in [3.63, 3.8) is 0 Å². The molecule has 2 fully saturated rings. The Labute approximate surface area is 110 Å². The van der Waals surface area contributed by atoms with Crippen LogP contribution in [0.5, 0.6) is 0 Å². The lowest BCUT2D eigenvalue weighted by molar-refractivity contribution is -0.131. The van der Waals surface area contributed by atoms with E-state index in [4.69, 9.17) is 5.41 Å². The molecule has 102 valence electrons. The molecule has 0 aromatic carbocycles. The Morgan fingerprint density at radius 3 is 2.39 bits per heavy atom. The number of carbonyl (C=O) groups excluding carboxylic acids is 1. The van der Waals surface area contributed by atoms with Gasteiger partial charge < -0.3 is 4.90 Å². The Morgan fingerprint density at radius 1 is 1.22 bits per heavy atom. The Hall–Kier alpha value is -1.06. The molecule has 2 aliphatic rings. The van der Waals surface area contributed by atoms with E-state index < -0.39 is 0 Å². The van der Waals surface area contributed by atoms with Crippen LogP contribution >= 0.6 is 0 Å². The van der Waals surface area contributed by atoms with Crippen LogP contribution in [0.25, 0.3) is 0 Å². The van der Waals surface area contributed by atoms with E-state index in [-0.39, 0.29) is 11.8 Å². The fraction of sp³-hybridized carbons (Fsp3) is 0.857. The molecule has 0 bridgehead atoms. The van der Waals surface area contributed by atoms with E-state index in [0.29, 0.717) is 12.5 Å². The summed E-state index contributed by atoms with van der Waals surface area (Å²) in [5.74, 6) is 0.831. The standard InChI is InChI=1S/C14H25N3O/c1-2-9-17(13(18)12-7-3-4-8-12)14(15)16-10-5-6-11-16/h12,15H,2-11H2,1H3. The zero-order valence-electron chi connectivity index (χ0n) is 11.5. The van der Waals surface area contributed by atoms with Crippen LogP contribution in [0.15, 0.2) is 0 Å². The Balaban J connectivity index is 2.01. The molecule has 1 heterocycles.